The molecule has 6 aromatic carbocycles. The van der Waals surface area contributed by atoms with E-state index in [2.05, 4.69) is 15.0 Å². The summed E-state index contributed by atoms with van der Waals surface area (Å²) in [6.07, 6.45) is 0. The van der Waals surface area contributed by atoms with Crippen molar-refractivity contribution < 1.29 is 81.5 Å². The van der Waals surface area contributed by atoms with Crippen LogP contribution in [0.1, 0.15) is 31.1 Å². The van der Waals surface area contributed by atoms with Crippen LogP contribution in [0.4, 0.5) is 102 Å². The van der Waals surface area contributed by atoms with Crippen LogP contribution in [0.25, 0.3) is 33.8 Å². The Balaban J connectivity index is 0.000000186. The average Bonchev–Trinajstić information content (AvgIpc) is 1.11. The minimum atomic E-state index is -1.29. The van der Waals surface area contributed by atoms with E-state index in [1.54, 1.807) is 0 Å². The highest BCUT2D eigenvalue weighted by Gasteiger charge is 2.30. The fourth-order valence-electron chi connectivity index (χ4n) is 8.10. The Kier molecular flexibility index (Phi) is 18.9. The number of pyridine rings is 3. The number of anilines is 6. The first kappa shape index (κ1) is 62.7. The number of nitrogens with two attached hydrogens (primary N) is 6. The Bertz CT molecular complexity index is 3780. The first-order valence-electron chi connectivity index (χ1n) is 24.0. The topological polar surface area (TPSA) is 307 Å². The van der Waals surface area contributed by atoms with Crippen molar-refractivity contribution in [2.24, 2.45) is 34.4 Å². The van der Waals surface area contributed by atoms with Gasteiger partial charge in [-0.15, -0.1) is 0 Å². The molecule has 87 heavy (non-hydrogen) atoms. The molecule has 9 rings (SSSR count). The molecule has 0 saturated heterocycles. The molecule has 30 heteroatoms. The molecule has 3 heterocycles. The largest absolute Gasteiger partial charge is 0.366 e. The van der Waals surface area contributed by atoms with Crippen molar-refractivity contribution in [2.75, 3.05) is 14.7 Å². The smallest absolute Gasteiger partial charge is 0.325 e. The standard InChI is InChI=1S/3C19H12F4N4O2/c3*20-9-4-5-10(14(23)8-9)16-11(18(24)28)6-7-15(26-16)27(19(25)29)17-12(21)2-1-3-13(17)22/h3*1-8H,(H2,24,28)(H2,25,29). The molecular formula is C57H36F12N12O6. The van der Waals surface area contributed by atoms with Crippen LogP contribution in [0.3, 0.4) is 0 Å². The Morgan fingerprint density at radius 2 is 0.506 bits per heavy atom. The van der Waals surface area contributed by atoms with E-state index in [0.29, 0.717) is 32.9 Å². The van der Waals surface area contributed by atoms with Crippen molar-refractivity contribution in [3.05, 3.63) is 232 Å². The molecule has 444 valence electrons. The minimum absolute atomic E-state index is 0.266. The summed E-state index contributed by atoms with van der Waals surface area (Å²) in [5.41, 5.74) is 26.4. The number of para-hydroxylation sites is 3. The molecule has 0 atom stereocenters. The van der Waals surface area contributed by atoms with Crippen molar-refractivity contribution in [3.8, 4) is 33.8 Å². The van der Waals surface area contributed by atoms with Gasteiger partial charge >= 0.3 is 18.1 Å². The fourth-order valence-corrected chi connectivity index (χ4v) is 8.10. The molecule has 0 bridgehead atoms. The number of aromatic nitrogens is 3. The lowest BCUT2D eigenvalue weighted by molar-refractivity contribution is 0.0992. The number of hydrogen-bond acceptors (Lipinski definition) is 9. The Morgan fingerprint density at radius 3 is 0.690 bits per heavy atom. The van der Waals surface area contributed by atoms with E-state index in [4.69, 9.17) is 34.4 Å². The van der Waals surface area contributed by atoms with Crippen LogP contribution in [0, 0.1) is 69.8 Å². The summed E-state index contributed by atoms with van der Waals surface area (Å²) >= 11 is 0. The summed E-state index contributed by atoms with van der Waals surface area (Å²) in [4.78, 5) is 84.1. The molecule has 0 fully saturated rings. The molecule has 9 amide bonds. The first-order chi connectivity index (χ1) is 41.1. The summed E-state index contributed by atoms with van der Waals surface area (Å²) in [6, 6.07) is 18.6. The SMILES string of the molecule is NC(=O)c1ccc(N(C(N)=O)c2c(F)cccc2F)nc1-c1ccc(F)cc1F.NC(=O)c1ccc(N(C(N)=O)c2c(F)cccc2F)nc1-c1ccc(F)cc1F.NC(=O)c1ccc(N(C(N)=O)c2c(F)cccc2F)nc1-c1ccc(F)cc1F. The molecule has 9 aromatic rings. The van der Waals surface area contributed by atoms with Crippen molar-refractivity contribution in [1.29, 1.82) is 0 Å². The highest BCUT2D eigenvalue weighted by atomic mass is 19.2. The quantitative estimate of drug-likeness (QED) is 0.0633. The molecule has 3 aromatic heterocycles. The average molecular weight is 1210 g/mol. The van der Waals surface area contributed by atoms with E-state index < -0.39 is 140 Å². The van der Waals surface area contributed by atoms with Crippen molar-refractivity contribution in [1.82, 2.24) is 15.0 Å². The molecule has 0 saturated carbocycles. The zero-order valence-corrected chi connectivity index (χ0v) is 43.5. The lowest BCUT2D eigenvalue weighted by Crippen LogP contribution is -2.33. The second-order valence-electron chi connectivity index (χ2n) is 17.4. The third-order valence-electron chi connectivity index (χ3n) is 11.8. The molecule has 0 unspecified atom stereocenters. The van der Waals surface area contributed by atoms with Crippen molar-refractivity contribution >= 4 is 70.3 Å². The second kappa shape index (κ2) is 26.2. The number of benzene rings is 6. The molecule has 0 spiro atoms. The van der Waals surface area contributed by atoms with Crippen LogP contribution in [-0.4, -0.2) is 50.8 Å². The lowest BCUT2D eigenvalue weighted by atomic mass is 10.0. The summed E-state index contributed by atoms with van der Waals surface area (Å²) < 4.78 is 168. The number of rotatable bonds is 12. The van der Waals surface area contributed by atoms with Crippen molar-refractivity contribution in [2.45, 2.75) is 0 Å². The number of hydrogen-bond donors (Lipinski definition) is 6. The number of halogens is 12. The van der Waals surface area contributed by atoms with Gasteiger partial charge in [0.05, 0.1) is 33.8 Å². The first-order valence-corrected chi connectivity index (χ1v) is 24.0. The van der Waals surface area contributed by atoms with Gasteiger partial charge in [0.15, 0.2) is 0 Å². The van der Waals surface area contributed by atoms with Gasteiger partial charge in [0.25, 0.3) is 17.7 Å². The highest BCUT2D eigenvalue weighted by molar-refractivity contribution is 6.04. The van der Waals surface area contributed by atoms with Gasteiger partial charge < -0.3 is 34.4 Å². The molecule has 0 aliphatic heterocycles. The number of primary amides is 6. The number of amides is 9. The molecule has 0 radical (unpaired) electrons. The van der Waals surface area contributed by atoms with Crippen LogP contribution >= 0.6 is 0 Å². The van der Waals surface area contributed by atoms with Gasteiger partial charge in [-0.05, 0) is 109 Å². The maximum Gasteiger partial charge on any atom is 0.325 e. The van der Waals surface area contributed by atoms with Gasteiger partial charge in [-0.2, -0.15) is 0 Å². The number of carbonyl (C=O) groups is 6. The lowest BCUT2D eigenvalue weighted by Gasteiger charge is -2.22. The molecule has 0 aliphatic rings. The van der Waals surface area contributed by atoms with E-state index in [0.717, 1.165) is 127 Å². The zero-order valence-electron chi connectivity index (χ0n) is 43.5. The van der Waals surface area contributed by atoms with Gasteiger partial charge in [-0.3, -0.25) is 14.4 Å². The normalized spacial score (nSPS) is 10.6. The highest BCUT2D eigenvalue weighted by Crippen LogP contribution is 2.37. The number of urea groups is 3. The third kappa shape index (κ3) is 13.7. The van der Waals surface area contributed by atoms with Crippen LogP contribution in [0.15, 0.2) is 146 Å². The summed E-state index contributed by atoms with van der Waals surface area (Å²) in [7, 11) is 0. The monoisotopic (exact) mass is 1210 g/mol. The van der Waals surface area contributed by atoms with Gasteiger partial charge in [0, 0.05) is 34.9 Å². The molecular weight excluding hydrogens is 1180 g/mol. The Labute approximate surface area is 480 Å². The van der Waals surface area contributed by atoms with E-state index in [1.165, 1.54) is 0 Å². The number of carbonyl (C=O) groups excluding carboxylic acids is 6. The summed E-state index contributed by atoms with van der Waals surface area (Å²) in [5.74, 6) is -16.7. The maximum atomic E-state index is 14.3. The predicted molar refractivity (Wildman–Crippen MR) is 289 cm³/mol. The third-order valence-corrected chi connectivity index (χ3v) is 11.8. The van der Waals surface area contributed by atoms with Gasteiger partial charge in [-0.1, -0.05) is 18.2 Å². The molecule has 0 aliphatic carbocycles. The van der Waals surface area contributed by atoms with E-state index in [-0.39, 0.29) is 50.5 Å². The van der Waals surface area contributed by atoms with Gasteiger partial charge in [0.2, 0.25) is 0 Å². The van der Waals surface area contributed by atoms with E-state index in [1.807, 2.05) is 0 Å². The van der Waals surface area contributed by atoms with Crippen LogP contribution in [0.5, 0.6) is 0 Å². The van der Waals surface area contributed by atoms with Crippen LogP contribution < -0.4 is 49.1 Å². The van der Waals surface area contributed by atoms with E-state index >= 15 is 0 Å². The Morgan fingerprint density at radius 1 is 0.287 bits per heavy atom. The van der Waals surface area contributed by atoms with Gasteiger partial charge in [0.1, 0.15) is 104 Å². The van der Waals surface area contributed by atoms with Crippen LogP contribution in [0.2, 0.25) is 0 Å². The van der Waals surface area contributed by atoms with Crippen LogP contribution in [-0.2, 0) is 0 Å². The summed E-state index contributed by atoms with van der Waals surface area (Å²) in [5, 5.41) is 0. The fraction of sp³-hybridized carbons (Fsp3) is 0. The molecule has 12 N–H and O–H groups in total. The summed E-state index contributed by atoms with van der Waals surface area (Å²) in [6.45, 7) is 0. The second-order valence-corrected chi connectivity index (χ2v) is 17.4. The van der Waals surface area contributed by atoms with Gasteiger partial charge in [-0.25, -0.2) is 96.7 Å². The molecule has 18 nitrogen and oxygen atoms in total. The van der Waals surface area contributed by atoms with E-state index in [9.17, 15) is 81.5 Å². The maximum absolute atomic E-state index is 14.3. The zero-order chi connectivity index (χ0) is 63.9. The predicted octanol–water partition coefficient (Wildman–Crippen LogP) is 10.9. The minimum Gasteiger partial charge on any atom is -0.366 e. The Hall–Kier alpha value is -11.9. The van der Waals surface area contributed by atoms with Crippen molar-refractivity contribution in [3.63, 3.8) is 0 Å². The number of nitrogens with zero attached hydrogens (tertiary/aromatic N) is 6.